The lowest BCUT2D eigenvalue weighted by Gasteiger charge is -2.05. The highest BCUT2D eigenvalue weighted by Gasteiger charge is 1.98. The number of methoxy groups -OCH3 is 1. The third-order valence-corrected chi connectivity index (χ3v) is 2.53. The summed E-state index contributed by atoms with van der Waals surface area (Å²) in [5, 5.41) is 9.99. The molecule has 0 aliphatic heterocycles. The number of hydrogen-bond donors (Lipinski definition) is 2. The predicted octanol–water partition coefficient (Wildman–Crippen LogP) is 0.931. The Morgan fingerprint density at radius 1 is 1.39 bits per heavy atom. The van der Waals surface area contributed by atoms with E-state index in [0.29, 0.717) is 5.88 Å². The van der Waals surface area contributed by atoms with Crippen LogP contribution in [-0.4, -0.2) is 33.8 Å². The van der Waals surface area contributed by atoms with Crippen LogP contribution in [0.15, 0.2) is 24.5 Å². The van der Waals surface area contributed by atoms with Crippen LogP contribution >= 0.6 is 0 Å². The summed E-state index contributed by atoms with van der Waals surface area (Å²) in [6.45, 7) is 1.66. The number of aryl methyl sites for hydroxylation is 1. The van der Waals surface area contributed by atoms with Gasteiger partial charge in [0, 0.05) is 19.0 Å². The first-order valence-corrected chi connectivity index (χ1v) is 5.93. The van der Waals surface area contributed by atoms with Gasteiger partial charge in [0.15, 0.2) is 0 Å². The van der Waals surface area contributed by atoms with Gasteiger partial charge in [-0.05, 0) is 19.0 Å². The number of hydrogen-bond acceptors (Lipinski definition) is 5. The number of ether oxygens (including phenoxy) is 1. The van der Waals surface area contributed by atoms with Gasteiger partial charge >= 0.3 is 0 Å². The number of aromatic amines is 1. The van der Waals surface area contributed by atoms with Crippen LogP contribution in [0.3, 0.4) is 0 Å². The van der Waals surface area contributed by atoms with Crippen LogP contribution in [0.1, 0.15) is 17.9 Å². The molecule has 0 atom stereocenters. The molecule has 0 amide bonds. The van der Waals surface area contributed by atoms with Crippen LogP contribution in [0.4, 0.5) is 0 Å². The Morgan fingerprint density at radius 3 is 3.11 bits per heavy atom. The SMILES string of the molecule is COc1cccc(CNCCCc2ncn[nH]2)n1. The highest BCUT2D eigenvalue weighted by Crippen LogP contribution is 2.06. The Labute approximate surface area is 106 Å². The lowest BCUT2D eigenvalue weighted by atomic mass is 10.3. The van der Waals surface area contributed by atoms with E-state index in [2.05, 4.69) is 25.5 Å². The molecular weight excluding hydrogens is 230 g/mol. The Morgan fingerprint density at radius 2 is 2.33 bits per heavy atom. The predicted molar refractivity (Wildman–Crippen MR) is 67.2 cm³/mol. The van der Waals surface area contributed by atoms with Gasteiger partial charge in [0.05, 0.1) is 12.8 Å². The van der Waals surface area contributed by atoms with E-state index in [1.165, 1.54) is 6.33 Å². The lowest BCUT2D eigenvalue weighted by molar-refractivity contribution is 0.395. The Bertz CT molecular complexity index is 457. The molecule has 96 valence electrons. The second-order valence-electron chi connectivity index (χ2n) is 3.88. The van der Waals surface area contributed by atoms with Gasteiger partial charge in [-0.15, -0.1) is 0 Å². The van der Waals surface area contributed by atoms with Crippen molar-refractivity contribution in [2.24, 2.45) is 0 Å². The fraction of sp³-hybridized carbons (Fsp3) is 0.417. The highest BCUT2D eigenvalue weighted by molar-refractivity contribution is 5.15. The van der Waals surface area contributed by atoms with Crippen molar-refractivity contribution < 1.29 is 4.74 Å². The monoisotopic (exact) mass is 247 g/mol. The van der Waals surface area contributed by atoms with E-state index in [1.807, 2.05) is 18.2 Å². The van der Waals surface area contributed by atoms with Crippen LogP contribution in [0.5, 0.6) is 5.88 Å². The molecule has 0 fully saturated rings. The van der Waals surface area contributed by atoms with E-state index >= 15 is 0 Å². The molecule has 0 saturated carbocycles. The zero-order valence-corrected chi connectivity index (χ0v) is 10.4. The number of aromatic nitrogens is 4. The van der Waals surface area contributed by atoms with Gasteiger partial charge in [-0.3, -0.25) is 5.10 Å². The summed E-state index contributed by atoms with van der Waals surface area (Å²) < 4.78 is 5.07. The second kappa shape index (κ2) is 6.70. The number of H-pyrrole nitrogens is 1. The molecule has 0 bridgehead atoms. The molecule has 0 spiro atoms. The minimum atomic E-state index is 0.649. The third kappa shape index (κ3) is 3.81. The van der Waals surface area contributed by atoms with Crippen LogP contribution < -0.4 is 10.1 Å². The summed E-state index contributed by atoms with van der Waals surface area (Å²) in [4.78, 5) is 8.40. The number of rotatable bonds is 7. The Kier molecular flexibility index (Phi) is 4.66. The minimum Gasteiger partial charge on any atom is -0.481 e. The van der Waals surface area contributed by atoms with Gasteiger partial charge < -0.3 is 10.1 Å². The van der Waals surface area contributed by atoms with Crippen molar-refractivity contribution in [1.82, 2.24) is 25.5 Å². The molecule has 2 aromatic heterocycles. The van der Waals surface area contributed by atoms with Gasteiger partial charge in [0.1, 0.15) is 12.2 Å². The van der Waals surface area contributed by atoms with Crippen LogP contribution in [0.2, 0.25) is 0 Å². The van der Waals surface area contributed by atoms with E-state index in [-0.39, 0.29) is 0 Å². The molecule has 0 saturated heterocycles. The number of nitrogens with one attached hydrogen (secondary N) is 2. The quantitative estimate of drug-likeness (QED) is 0.712. The average molecular weight is 247 g/mol. The molecule has 0 aromatic carbocycles. The first-order chi connectivity index (χ1) is 8.88. The summed E-state index contributed by atoms with van der Waals surface area (Å²) in [5.74, 6) is 1.58. The number of pyridine rings is 1. The Hall–Kier alpha value is -1.95. The molecule has 2 aromatic rings. The normalized spacial score (nSPS) is 10.5. The molecule has 2 heterocycles. The van der Waals surface area contributed by atoms with Crippen molar-refractivity contribution in [3.8, 4) is 5.88 Å². The summed E-state index contributed by atoms with van der Waals surface area (Å²) >= 11 is 0. The van der Waals surface area contributed by atoms with E-state index in [1.54, 1.807) is 7.11 Å². The first kappa shape index (κ1) is 12.5. The maximum absolute atomic E-state index is 5.07. The molecule has 0 radical (unpaired) electrons. The van der Waals surface area contributed by atoms with Gasteiger partial charge in [0.2, 0.25) is 5.88 Å². The van der Waals surface area contributed by atoms with Crippen LogP contribution in [0.25, 0.3) is 0 Å². The fourth-order valence-corrected chi connectivity index (χ4v) is 1.62. The van der Waals surface area contributed by atoms with Crippen molar-refractivity contribution in [1.29, 1.82) is 0 Å². The smallest absolute Gasteiger partial charge is 0.213 e. The fourth-order valence-electron chi connectivity index (χ4n) is 1.62. The topological polar surface area (TPSA) is 75.7 Å². The van der Waals surface area contributed by atoms with Crippen LogP contribution in [-0.2, 0) is 13.0 Å². The zero-order chi connectivity index (χ0) is 12.6. The third-order valence-electron chi connectivity index (χ3n) is 2.53. The van der Waals surface area contributed by atoms with E-state index in [0.717, 1.165) is 37.4 Å². The Balaban J connectivity index is 1.65. The number of nitrogens with zero attached hydrogens (tertiary/aromatic N) is 3. The second-order valence-corrected chi connectivity index (χ2v) is 3.88. The maximum Gasteiger partial charge on any atom is 0.213 e. The molecule has 6 heteroatoms. The first-order valence-electron chi connectivity index (χ1n) is 5.93. The minimum absolute atomic E-state index is 0.649. The molecule has 18 heavy (non-hydrogen) atoms. The largest absolute Gasteiger partial charge is 0.481 e. The van der Waals surface area contributed by atoms with Gasteiger partial charge in [-0.2, -0.15) is 5.10 Å². The van der Waals surface area contributed by atoms with Gasteiger partial charge in [-0.25, -0.2) is 9.97 Å². The van der Waals surface area contributed by atoms with Gasteiger partial charge in [0.25, 0.3) is 0 Å². The molecule has 0 aliphatic carbocycles. The van der Waals surface area contributed by atoms with E-state index in [9.17, 15) is 0 Å². The summed E-state index contributed by atoms with van der Waals surface area (Å²) in [6, 6.07) is 5.76. The van der Waals surface area contributed by atoms with Crippen molar-refractivity contribution in [3.05, 3.63) is 36.0 Å². The molecule has 6 nitrogen and oxygen atoms in total. The van der Waals surface area contributed by atoms with Crippen molar-refractivity contribution in [2.45, 2.75) is 19.4 Å². The van der Waals surface area contributed by atoms with E-state index in [4.69, 9.17) is 4.74 Å². The lowest BCUT2D eigenvalue weighted by Crippen LogP contribution is -2.16. The standard InChI is InChI=1S/C12H17N5O/c1-18-12-6-2-4-10(16-12)8-13-7-3-5-11-14-9-15-17-11/h2,4,6,9,13H,3,5,7-8H2,1H3,(H,14,15,17). The van der Waals surface area contributed by atoms with Crippen LogP contribution in [0, 0.1) is 0 Å². The van der Waals surface area contributed by atoms with Crippen molar-refractivity contribution in [2.75, 3.05) is 13.7 Å². The van der Waals surface area contributed by atoms with Crippen molar-refractivity contribution >= 4 is 0 Å². The molecule has 0 unspecified atom stereocenters. The van der Waals surface area contributed by atoms with Gasteiger partial charge in [-0.1, -0.05) is 6.07 Å². The molecule has 2 N–H and O–H groups in total. The molecular formula is C12H17N5O. The molecule has 2 rings (SSSR count). The summed E-state index contributed by atoms with van der Waals surface area (Å²) in [5.41, 5.74) is 0.981. The highest BCUT2D eigenvalue weighted by atomic mass is 16.5. The maximum atomic E-state index is 5.07. The van der Waals surface area contributed by atoms with E-state index < -0.39 is 0 Å². The average Bonchev–Trinajstić information content (AvgIpc) is 2.92. The zero-order valence-electron chi connectivity index (χ0n) is 10.4. The molecule has 0 aliphatic rings. The summed E-state index contributed by atoms with van der Waals surface area (Å²) in [6.07, 6.45) is 3.45. The summed E-state index contributed by atoms with van der Waals surface area (Å²) in [7, 11) is 1.62. The van der Waals surface area contributed by atoms with Crippen molar-refractivity contribution in [3.63, 3.8) is 0 Å².